The van der Waals surface area contributed by atoms with Gasteiger partial charge in [0.1, 0.15) is 11.6 Å². The number of hydrogen-bond donors (Lipinski definition) is 0. The van der Waals surface area contributed by atoms with Crippen molar-refractivity contribution < 1.29 is 30.8 Å². The molecule has 0 N–H and O–H groups in total. The Labute approximate surface area is 277 Å². The topological polar surface area (TPSA) is 118 Å². The zero-order valence-corrected chi connectivity index (χ0v) is 27.3. The molecule has 1 saturated heterocycles. The molecule has 0 radical (unpaired) electrons. The van der Waals surface area contributed by atoms with Crippen LogP contribution < -0.4 is 10.6 Å². The third-order valence-corrected chi connectivity index (χ3v) is 11.4. The van der Waals surface area contributed by atoms with Gasteiger partial charge in [0, 0.05) is 37.4 Å². The molecule has 1 aromatic carbocycles. The highest BCUT2D eigenvalue weighted by atomic mass is 35.5. The molecule has 0 unspecified atom stereocenters. The number of nitrogens with zero attached hydrogens (tertiary/aromatic N) is 6. The molecule has 1 saturated carbocycles. The summed E-state index contributed by atoms with van der Waals surface area (Å²) in [5.41, 5.74) is -4.26. The molecule has 2 fully saturated rings. The van der Waals surface area contributed by atoms with Gasteiger partial charge in [-0.25, -0.2) is 27.2 Å². The van der Waals surface area contributed by atoms with Gasteiger partial charge in [-0.1, -0.05) is 30.7 Å². The van der Waals surface area contributed by atoms with E-state index in [0.29, 0.717) is 25.3 Å². The number of fused-ring (bicyclic) bond motifs is 1. The maximum absolute atomic E-state index is 15.3. The normalized spacial score (nSPS) is 17.4. The van der Waals surface area contributed by atoms with Gasteiger partial charge in [0.05, 0.1) is 43.2 Å². The van der Waals surface area contributed by atoms with Crippen molar-refractivity contribution in [3.05, 3.63) is 81.8 Å². The zero-order valence-electron chi connectivity index (χ0n) is 25.8. The van der Waals surface area contributed by atoms with Crippen LogP contribution in [0.4, 0.5) is 23.4 Å². The molecule has 0 spiro atoms. The summed E-state index contributed by atoms with van der Waals surface area (Å²) in [7, 11) is -3.99. The Balaban J connectivity index is 1.68. The predicted octanol–water partition coefficient (Wildman–Crippen LogP) is 5.51. The number of carbonyl (C=O) groups is 1. The first-order valence-corrected chi connectivity index (χ1v) is 16.9. The largest absolute Gasteiger partial charge is 0.417 e. The smallest absolute Gasteiger partial charge is 0.350 e. The number of amides is 1. The van der Waals surface area contributed by atoms with Gasteiger partial charge in [0.2, 0.25) is 5.91 Å². The highest BCUT2D eigenvalue weighted by Crippen LogP contribution is 2.42. The van der Waals surface area contributed by atoms with Gasteiger partial charge in [-0.15, -0.1) is 0 Å². The number of benzene rings is 1. The van der Waals surface area contributed by atoms with E-state index in [4.69, 9.17) is 11.6 Å². The molecule has 1 amide bonds. The molecule has 48 heavy (non-hydrogen) atoms. The van der Waals surface area contributed by atoms with E-state index in [2.05, 4.69) is 21.5 Å². The van der Waals surface area contributed by atoms with E-state index in [9.17, 15) is 31.2 Å². The van der Waals surface area contributed by atoms with Crippen molar-refractivity contribution in [1.29, 1.82) is 0 Å². The van der Waals surface area contributed by atoms with E-state index in [1.807, 2.05) is 0 Å². The minimum Gasteiger partial charge on any atom is -0.350 e. The summed E-state index contributed by atoms with van der Waals surface area (Å²) in [5.74, 6) is -1.49. The quantitative estimate of drug-likeness (QED) is 0.191. The lowest BCUT2D eigenvalue weighted by Crippen LogP contribution is -2.54. The van der Waals surface area contributed by atoms with E-state index < -0.39 is 55.6 Å². The fraction of sp³-hybridized carbons (Fsp3) is 0.344. The Morgan fingerprint density at radius 1 is 1.15 bits per heavy atom. The fourth-order valence-corrected chi connectivity index (χ4v) is 8.52. The number of aromatic nitrogens is 4. The van der Waals surface area contributed by atoms with Gasteiger partial charge >= 0.3 is 11.9 Å². The van der Waals surface area contributed by atoms with Crippen molar-refractivity contribution in [2.75, 3.05) is 24.5 Å². The molecule has 16 heteroatoms. The summed E-state index contributed by atoms with van der Waals surface area (Å²) in [5, 5.41) is -0.989. The Bertz CT molecular complexity index is 2150. The summed E-state index contributed by atoms with van der Waals surface area (Å²) >= 11 is 6.60. The molecule has 3 aromatic heterocycles. The summed E-state index contributed by atoms with van der Waals surface area (Å²) in [6, 6.07) is 4.51. The van der Waals surface area contributed by atoms with Crippen molar-refractivity contribution in [3.63, 3.8) is 0 Å². The van der Waals surface area contributed by atoms with E-state index in [0.717, 1.165) is 16.7 Å². The van der Waals surface area contributed by atoms with Gasteiger partial charge in [-0.2, -0.15) is 18.2 Å². The highest BCUT2D eigenvalue weighted by Gasteiger charge is 2.38. The first kappa shape index (κ1) is 33.5. The summed E-state index contributed by atoms with van der Waals surface area (Å²) < 4.78 is 86.3. The van der Waals surface area contributed by atoms with Crippen molar-refractivity contribution in [2.24, 2.45) is 0 Å². The van der Waals surface area contributed by atoms with Crippen LogP contribution in [0.3, 0.4) is 0 Å². The Morgan fingerprint density at radius 2 is 1.88 bits per heavy atom. The van der Waals surface area contributed by atoms with Crippen LogP contribution >= 0.6 is 11.6 Å². The van der Waals surface area contributed by atoms with Crippen LogP contribution in [0.25, 0.3) is 28.0 Å². The lowest BCUT2D eigenvalue weighted by atomic mass is 10.00. The first-order valence-electron chi connectivity index (χ1n) is 15.0. The summed E-state index contributed by atoms with van der Waals surface area (Å²) in [4.78, 5) is 42.5. The van der Waals surface area contributed by atoms with E-state index in [1.165, 1.54) is 31.3 Å². The number of hydrogen-bond acceptors (Lipinski definition) is 8. The second kappa shape index (κ2) is 12.3. The van der Waals surface area contributed by atoms with Crippen LogP contribution in [0.5, 0.6) is 0 Å². The summed E-state index contributed by atoms with van der Waals surface area (Å²) in [6.07, 6.45) is -0.983. The average Bonchev–Trinajstić information content (AvgIpc) is 2.99. The number of alkyl halides is 3. The van der Waals surface area contributed by atoms with Crippen molar-refractivity contribution in [1.82, 2.24) is 24.4 Å². The van der Waals surface area contributed by atoms with Crippen molar-refractivity contribution in [3.8, 4) is 16.9 Å². The lowest BCUT2D eigenvalue weighted by Gasteiger charge is -2.40. The Morgan fingerprint density at radius 3 is 2.50 bits per heavy atom. The van der Waals surface area contributed by atoms with Crippen molar-refractivity contribution in [2.45, 2.75) is 55.5 Å². The predicted molar refractivity (Wildman–Crippen MR) is 171 cm³/mol. The van der Waals surface area contributed by atoms with Crippen LogP contribution in [0.2, 0.25) is 5.02 Å². The molecule has 4 aromatic rings. The Hall–Kier alpha value is -4.37. The number of sulfone groups is 1. The molecule has 6 rings (SSSR count). The number of carbonyl (C=O) groups excluding carboxylic acids is 1. The molecule has 1 aliphatic heterocycles. The first-order chi connectivity index (χ1) is 22.6. The van der Waals surface area contributed by atoms with Gasteiger partial charge < -0.3 is 9.80 Å². The number of rotatable bonds is 6. The molecule has 1 atom stereocenters. The van der Waals surface area contributed by atoms with Gasteiger partial charge in [0.25, 0.3) is 0 Å². The third kappa shape index (κ3) is 5.62. The van der Waals surface area contributed by atoms with Gasteiger partial charge in [0.15, 0.2) is 15.5 Å². The minimum atomic E-state index is -5.00. The van der Waals surface area contributed by atoms with Gasteiger partial charge in [-0.05, 0) is 57.0 Å². The molecule has 0 bridgehead atoms. The number of pyridine rings is 2. The van der Waals surface area contributed by atoms with Crippen LogP contribution in [-0.4, -0.2) is 69.7 Å². The number of aryl methyl sites for hydroxylation is 1. The SMILES string of the molecule is C=CC(=O)N1CCN(c2nc(=O)n(-c3c(S(=O)(=O)C4CCC4)ccnc3C)c3nc(-c4c(F)cccc4C(F)(F)F)c(Cl)cc23)[C@@H](C)C1. The number of piperazine rings is 1. The maximum atomic E-state index is 15.3. The number of halogens is 5. The van der Waals surface area contributed by atoms with Crippen LogP contribution in [0.1, 0.15) is 37.4 Å². The fourth-order valence-electron chi connectivity index (χ4n) is 6.20. The van der Waals surface area contributed by atoms with Crippen LogP contribution in [0, 0.1) is 12.7 Å². The molecule has 2 aliphatic rings. The standard InChI is InChI=1S/C32H29ClF4N6O4S/c1-4-25(44)41-13-14-42(17(2)16-41)29-20-15-22(33)27(26-21(32(35,36)37)9-6-10-23(26)34)39-30(20)43(31(45)40-29)28-18(3)38-12-11-24(28)48(46,47)19-7-5-8-19/h4,6,9-12,15,17,19H,1,5,7-8,13-14,16H2,2-3H3/t17-/m0/s1. The zero-order chi connectivity index (χ0) is 34.7. The second-order valence-electron chi connectivity index (χ2n) is 11.8. The van der Waals surface area contributed by atoms with Gasteiger partial charge in [-0.3, -0.25) is 9.78 Å². The molecule has 252 valence electrons. The van der Waals surface area contributed by atoms with Crippen LogP contribution in [-0.2, 0) is 20.8 Å². The average molecular weight is 705 g/mol. The molecule has 10 nitrogen and oxygen atoms in total. The highest BCUT2D eigenvalue weighted by molar-refractivity contribution is 7.92. The lowest BCUT2D eigenvalue weighted by molar-refractivity contribution is -0.137. The van der Waals surface area contributed by atoms with Crippen LogP contribution in [0.15, 0.2) is 58.9 Å². The Kier molecular flexibility index (Phi) is 8.56. The molecular weight excluding hydrogens is 676 g/mol. The summed E-state index contributed by atoms with van der Waals surface area (Å²) in [6.45, 7) is 7.45. The molecule has 4 heterocycles. The second-order valence-corrected chi connectivity index (χ2v) is 14.4. The number of anilines is 1. The maximum Gasteiger partial charge on any atom is 0.417 e. The van der Waals surface area contributed by atoms with E-state index >= 15 is 4.39 Å². The molecule has 1 aliphatic carbocycles. The molecular formula is C32H29ClF4N6O4S. The van der Waals surface area contributed by atoms with Crippen molar-refractivity contribution >= 4 is 44.2 Å². The monoisotopic (exact) mass is 704 g/mol. The van der Waals surface area contributed by atoms with E-state index in [-0.39, 0.29) is 63.7 Å². The van der Waals surface area contributed by atoms with E-state index in [1.54, 1.807) is 16.7 Å². The minimum absolute atomic E-state index is 0.0555. The third-order valence-electron chi connectivity index (χ3n) is 8.83.